The van der Waals surface area contributed by atoms with Crippen LogP contribution in [-0.4, -0.2) is 18.4 Å². The summed E-state index contributed by atoms with van der Waals surface area (Å²) in [6.45, 7) is 5.82. The van der Waals surface area contributed by atoms with Gasteiger partial charge in [0, 0.05) is 18.8 Å². The quantitative estimate of drug-likeness (QED) is 0.573. The summed E-state index contributed by atoms with van der Waals surface area (Å²) in [5.41, 5.74) is 0.179. The highest BCUT2D eigenvalue weighted by Crippen LogP contribution is 2.58. The maximum atomic E-state index is 11.2. The molecule has 18 heavy (non-hydrogen) atoms. The van der Waals surface area contributed by atoms with Crippen LogP contribution in [0.5, 0.6) is 0 Å². The molecule has 0 bridgehead atoms. The molecule has 0 saturated heterocycles. The molecule has 0 amide bonds. The second-order valence-electron chi connectivity index (χ2n) is 6.33. The van der Waals surface area contributed by atoms with Gasteiger partial charge in [0.05, 0.1) is 0 Å². The van der Waals surface area contributed by atoms with Crippen molar-refractivity contribution in [3.63, 3.8) is 0 Å². The summed E-state index contributed by atoms with van der Waals surface area (Å²) in [6, 6.07) is 0. The SMILES string of the molecule is CC(=O)O[C@H]1CCC[C@]2(C)C(C(C)C=O)CCC12. The Kier molecular flexibility index (Phi) is 3.79. The van der Waals surface area contributed by atoms with Crippen LogP contribution in [-0.2, 0) is 14.3 Å². The highest BCUT2D eigenvalue weighted by molar-refractivity contribution is 5.66. The lowest BCUT2D eigenvalue weighted by Gasteiger charge is -2.45. The lowest BCUT2D eigenvalue weighted by Crippen LogP contribution is -2.43. The van der Waals surface area contributed by atoms with Gasteiger partial charge in [0.1, 0.15) is 12.4 Å². The summed E-state index contributed by atoms with van der Waals surface area (Å²) in [4.78, 5) is 22.3. The van der Waals surface area contributed by atoms with E-state index in [1.54, 1.807) is 0 Å². The number of ether oxygens (including phenoxy) is 1. The van der Waals surface area contributed by atoms with Crippen molar-refractivity contribution in [3.05, 3.63) is 0 Å². The predicted octanol–water partition coefficient (Wildman–Crippen LogP) is 2.97. The molecule has 0 aliphatic heterocycles. The third-order valence-electron chi connectivity index (χ3n) is 5.30. The zero-order valence-corrected chi connectivity index (χ0v) is 11.6. The fourth-order valence-corrected chi connectivity index (χ4v) is 4.47. The minimum Gasteiger partial charge on any atom is -0.462 e. The summed E-state index contributed by atoms with van der Waals surface area (Å²) in [5, 5.41) is 0. The van der Waals surface area contributed by atoms with E-state index in [-0.39, 0.29) is 23.4 Å². The zero-order valence-electron chi connectivity index (χ0n) is 11.6. The first-order valence-corrected chi connectivity index (χ1v) is 7.11. The molecule has 2 aliphatic carbocycles. The molecule has 2 aliphatic rings. The van der Waals surface area contributed by atoms with Crippen molar-refractivity contribution < 1.29 is 14.3 Å². The molecule has 0 radical (unpaired) electrons. The van der Waals surface area contributed by atoms with Crippen molar-refractivity contribution in [1.82, 2.24) is 0 Å². The third-order valence-corrected chi connectivity index (χ3v) is 5.30. The molecule has 5 atom stereocenters. The number of esters is 1. The number of fused-ring (bicyclic) bond motifs is 1. The van der Waals surface area contributed by atoms with Crippen LogP contribution in [0.2, 0.25) is 0 Å². The Hall–Kier alpha value is -0.860. The van der Waals surface area contributed by atoms with Crippen LogP contribution in [0.15, 0.2) is 0 Å². The summed E-state index contributed by atoms with van der Waals surface area (Å²) in [5.74, 6) is 0.855. The number of rotatable bonds is 3. The smallest absolute Gasteiger partial charge is 0.302 e. The Morgan fingerprint density at radius 1 is 1.39 bits per heavy atom. The van der Waals surface area contributed by atoms with Crippen LogP contribution in [0.4, 0.5) is 0 Å². The lowest BCUT2D eigenvalue weighted by atomic mass is 9.62. The molecule has 2 rings (SSSR count). The van der Waals surface area contributed by atoms with E-state index in [0.717, 1.165) is 38.4 Å². The maximum absolute atomic E-state index is 11.2. The topological polar surface area (TPSA) is 43.4 Å². The Morgan fingerprint density at radius 3 is 2.72 bits per heavy atom. The van der Waals surface area contributed by atoms with Crippen molar-refractivity contribution in [2.24, 2.45) is 23.2 Å². The third kappa shape index (κ3) is 2.19. The van der Waals surface area contributed by atoms with E-state index in [9.17, 15) is 9.59 Å². The Morgan fingerprint density at radius 2 is 2.11 bits per heavy atom. The van der Waals surface area contributed by atoms with E-state index in [0.29, 0.717) is 11.8 Å². The van der Waals surface area contributed by atoms with Crippen molar-refractivity contribution in [2.75, 3.05) is 0 Å². The van der Waals surface area contributed by atoms with E-state index in [2.05, 4.69) is 6.92 Å². The van der Waals surface area contributed by atoms with Crippen LogP contribution in [0, 0.1) is 23.2 Å². The van der Waals surface area contributed by atoms with Crippen molar-refractivity contribution in [2.45, 2.75) is 59.0 Å². The first kappa shape index (κ1) is 13.6. The van der Waals surface area contributed by atoms with Gasteiger partial charge in [0.25, 0.3) is 0 Å². The molecule has 0 N–H and O–H groups in total. The standard InChI is InChI=1S/C15H24O3/c1-10(9-16)12-6-7-13-14(18-11(2)17)5-4-8-15(12,13)3/h9-10,12-14H,4-8H2,1-3H3/t10?,12?,13?,14-,15+/m0/s1. The number of hydrogen-bond acceptors (Lipinski definition) is 3. The van der Waals surface area contributed by atoms with Crippen LogP contribution >= 0.6 is 0 Å². The highest BCUT2D eigenvalue weighted by atomic mass is 16.5. The molecule has 2 saturated carbocycles. The van der Waals surface area contributed by atoms with Gasteiger partial charge in [-0.3, -0.25) is 4.79 Å². The van der Waals surface area contributed by atoms with Gasteiger partial charge < -0.3 is 9.53 Å². The normalized spacial score (nSPS) is 40.9. The summed E-state index contributed by atoms with van der Waals surface area (Å²) >= 11 is 0. The zero-order chi connectivity index (χ0) is 13.3. The van der Waals surface area contributed by atoms with Crippen LogP contribution in [0.25, 0.3) is 0 Å². The predicted molar refractivity (Wildman–Crippen MR) is 69.0 cm³/mol. The molecule has 0 heterocycles. The number of aldehydes is 1. The first-order chi connectivity index (χ1) is 8.49. The molecule has 102 valence electrons. The molecular formula is C15H24O3. The molecule has 2 fully saturated rings. The highest BCUT2D eigenvalue weighted by Gasteiger charge is 2.53. The first-order valence-electron chi connectivity index (χ1n) is 7.11. The van der Waals surface area contributed by atoms with E-state index < -0.39 is 0 Å². The van der Waals surface area contributed by atoms with E-state index in [1.165, 1.54) is 6.92 Å². The van der Waals surface area contributed by atoms with E-state index >= 15 is 0 Å². The fourth-order valence-electron chi connectivity index (χ4n) is 4.47. The summed E-state index contributed by atoms with van der Waals surface area (Å²) < 4.78 is 5.50. The molecule has 3 heteroatoms. The van der Waals surface area contributed by atoms with Gasteiger partial charge in [-0.15, -0.1) is 0 Å². The molecule has 0 aromatic carbocycles. The van der Waals surface area contributed by atoms with E-state index in [4.69, 9.17) is 4.74 Å². The van der Waals surface area contributed by atoms with Gasteiger partial charge >= 0.3 is 5.97 Å². The number of hydrogen-bond donors (Lipinski definition) is 0. The monoisotopic (exact) mass is 252 g/mol. The Labute approximate surface area is 109 Å². The fraction of sp³-hybridized carbons (Fsp3) is 0.867. The van der Waals surface area contributed by atoms with Crippen molar-refractivity contribution in [3.8, 4) is 0 Å². The molecule has 0 spiro atoms. The van der Waals surface area contributed by atoms with Gasteiger partial charge in [-0.25, -0.2) is 0 Å². The van der Waals surface area contributed by atoms with Crippen LogP contribution in [0.1, 0.15) is 52.9 Å². The van der Waals surface area contributed by atoms with Gasteiger partial charge in [-0.2, -0.15) is 0 Å². The van der Waals surface area contributed by atoms with E-state index in [1.807, 2.05) is 6.92 Å². The van der Waals surface area contributed by atoms with Gasteiger partial charge in [0.2, 0.25) is 0 Å². The van der Waals surface area contributed by atoms with Gasteiger partial charge in [-0.1, -0.05) is 13.8 Å². The van der Waals surface area contributed by atoms with Gasteiger partial charge in [-0.05, 0) is 43.4 Å². The summed E-state index contributed by atoms with van der Waals surface area (Å²) in [7, 11) is 0. The molecule has 0 aromatic rings. The number of carbonyl (C=O) groups is 2. The minimum absolute atomic E-state index is 0.0742. The van der Waals surface area contributed by atoms with Gasteiger partial charge in [0.15, 0.2) is 0 Å². The molecule has 3 unspecified atom stereocenters. The summed E-state index contributed by atoms with van der Waals surface area (Å²) in [6.07, 6.45) is 6.61. The minimum atomic E-state index is -0.170. The largest absolute Gasteiger partial charge is 0.462 e. The van der Waals surface area contributed by atoms with Crippen molar-refractivity contribution in [1.29, 1.82) is 0 Å². The second kappa shape index (κ2) is 5.02. The second-order valence-corrected chi connectivity index (χ2v) is 6.33. The average Bonchev–Trinajstić information content (AvgIpc) is 2.66. The number of carbonyl (C=O) groups excluding carboxylic acids is 2. The van der Waals surface area contributed by atoms with Crippen LogP contribution in [0.3, 0.4) is 0 Å². The Balaban J connectivity index is 2.17. The molecule has 3 nitrogen and oxygen atoms in total. The van der Waals surface area contributed by atoms with Crippen LogP contribution < -0.4 is 0 Å². The average molecular weight is 252 g/mol. The van der Waals surface area contributed by atoms with Crippen molar-refractivity contribution >= 4 is 12.3 Å². The lowest BCUT2D eigenvalue weighted by molar-refractivity contribution is -0.155. The maximum Gasteiger partial charge on any atom is 0.302 e. The Bertz CT molecular complexity index is 339. The molecule has 0 aromatic heterocycles. The molecular weight excluding hydrogens is 228 g/mol.